The molecule has 1 aromatic heterocycles. The van der Waals surface area contributed by atoms with Gasteiger partial charge in [-0.25, -0.2) is 0 Å². The molecule has 0 bridgehead atoms. The molecule has 1 saturated heterocycles. The monoisotopic (exact) mass is 274 g/mol. The third-order valence-corrected chi connectivity index (χ3v) is 3.59. The van der Waals surface area contributed by atoms with E-state index in [0.717, 1.165) is 5.56 Å². The summed E-state index contributed by atoms with van der Waals surface area (Å²) >= 11 is 0. The van der Waals surface area contributed by atoms with Crippen molar-refractivity contribution in [3.8, 4) is 0 Å². The Hall–Kier alpha value is -1.62. The first kappa shape index (κ1) is 13.4. The predicted octanol–water partition coefficient (Wildman–Crippen LogP) is 2.67. The van der Waals surface area contributed by atoms with Crippen molar-refractivity contribution in [2.24, 2.45) is 0 Å². The van der Waals surface area contributed by atoms with E-state index in [4.69, 9.17) is 13.9 Å². The molecule has 2 heterocycles. The van der Waals surface area contributed by atoms with Crippen LogP contribution in [0.5, 0.6) is 0 Å². The van der Waals surface area contributed by atoms with Gasteiger partial charge < -0.3 is 19.0 Å². The standard InChI is InChI=1S/C16H18O4/c1-15(2)19-11-14(20-15)16(17,13-9-6-10-18-13)12-7-4-3-5-8-12/h3-10,14,17H,11H2,1-2H3/t14-,16+/m1/s1. The smallest absolute Gasteiger partial charge is 0.176 e. The maximum Gasteiger partial charge on any atom is 0.176 e. The van der Waals surface area contributed by atoms with Crippen molar-refractivity contribution in [3.05, 3.63) is 60.1 Å². The Balaban J connectivity index is 2.06. The molecular formula is C16H18O4. The van der Waals surface area contributed by atoms with E-state index < -0.39 is 17.5 Å². The van der Waals surface area contributed by atoms with Gasteiger partial charge in [0.05, 0.1) is 12.9 Å². The second-order valence-electron chi connectivity index (χ2n) is 5.43. The van der Waals surface area contributed by atoms with Crippen LogP contribution in [0.4, 0.5) is 0 Å². The van der Waals surface area contributed by atoms with E-state index in [1.807, 2.05) is 44.2 Å². The van der Waals surface area contributed by atoms with E-state index >= 15 is 0 Å². The summed E-state index contributed by atoms with van der Waals surface area (Å²) in [5.41, 5.74) is -0.639. The fourth-order valence-corrected chi connectivity index (χ4v) is 2.57. The highest BCUT2D eigenvalue weighted by Gasteiger charge is 2.50. The van der Waals surface area contributed by atoms with Crippen LogP contribution in [-0.4, -0.2) is 23.6 Å². The number of rotatable bonds is 3. The molecular weight excluding hydrogens is 256 g/mol. The highest BCUT2D eigenvalue weighted by molar-refractivity contribution is 5.33. The molecule has 1 aromatic carbocycles. The Bertz CT molecular complexity index is 561. The lowest BCUT2D eigenvalue weighted by molar-refractivity contribution is -0.167. The highest BCUT2D eigenvalue weighted by Crippen LogP contribution is 2.40. The molecule has 0 spiro atoms. The summed E-state index contributed by atoms with van der Waals surface area (Å²) in [7, 11) is 0. The van der Waals surface area contributed by atoms with Crippen LogP contribution in [0.25, 0.3) is 0 Å². The zero-order valence-electron chi connectivity index (χ0n) is 11.6. The summed E-state index contributed by atoms with van der Waals surface area (Å²) in [6, 6.07) is 12.9. The minimum Gasteiger partial charge on any atom is -0.466 e. The Morgan fingerprint density at radius 2 is 1.90 bits per heavy atom. The minimum atomic E-state index is -1.36. The second kappa shape index (κ2) is 4.74. The average Bonchev–Trinajstić information content (AvgIpc) is 3.08. The zero-order valence-corrected chi connectivity index (χ0v) is 11.6. The van der Waals surface area contributed by atoms with Gasteiger partial charge in [0.25, 0.3) is 0 Å². The van der Waals surface area contributed by atoms with Crippen molar-refractivity contribution in [1.29, 1.82) is 0 Å². The number of furan rings is 1. The van der Waals surface area contributed by atoms with Gasteiger partial charge in [0.15, 0.2) is 11.4 Å². The van der Waals surface area contributed by atoms with Crippen LogP contribution in [0.2, 0.25) is 0 Å². The lowest BCUT2D eigenvalue weighted by Gasteiger charge is -2.32. The SMILES string of the molecule is CC1(C)OC[C@H]([C@](O)(c2ccccc2)c2ccco2)O1. The predicted molar refractivity (Wildman–Crippen MR) is 73.1 cm³/mol. The number of hydrogen-bond acceptors (Lipinski definition) is 4. The van der Waals surface area contributed by atoms with Gasteiger partial charge in [-0.2, -0.15) is 0 Å². The lowest BCUT2D eigenvalue weighted by Crippen LogP contribution is -2.42. The zero-order chi connectivity index (χ0) is 14.2. The topological polar surface area (TPSA) is 51.8 Å². The number of ether oxygens (including phenoxy) is 2. The molecule has 2 atom stereocenters. The van der Waals surface area contributed by atoms with E-state index in [0.29, 0.717) is 12.4 Å². The summed E-state index contributed by atoms with van der Waals surface area (Å²) in [6.07, 6.45) is 1.02. The molecule has 106 valence electrons. The summed E-state index contributed by atoms with van der Waals surface area (Å²) in [5, 5.41) is 11.3. The molecule has 1 aliphatic rings. The van der Waals surface area contributed by atoms with Gasteiger partial charge >= 0.3 is 0 Å². The first-order chi connectivity index (χ1) is 9.52. The van der Waals surface area contributed by atoms with Gasteiger partial charge in [0, 0.05) is 0 Å². The van der Waals surface area contributed by atoms with E-state index in [2.05, 4.69) is 0 Å². The second-order valence-corrected chi connectivity index (χ2v) is 5.43. The molecule has 0 amide bonds. The molecule has 0 unspecified atom stereocenters. The molecule has 0 saturated carbocycles. The van der Waals surface area contributed by atoms with Crippen molar-refractivity contribution in [1.82, 2.24) is 0 Å². The van der Waals surface area contributed by atoms with Gasteiger partial charge in [-0.15, -0.1) is 0 Å². The van der Waals surface area contributed by atoms with E-state index in [-0.39, 0.29) is 0 Å². The maximum absolute atomic E-state index is 11.3. The third kappa shape index (κ3) is 2.16. The van der Waals surface area contributed by atoms with Crippen molar-refractivity contribution < 1.29 is 19.0 Å². The van der Waals surface area contributed by atoms with Crippen LogP contribution >= 0.6 is 0 Å². The quantitative estimate of drug-likeness (QED) is 0.935. The Morgan fingerprint density at radius 3 is 2.45 bits per heavy atom. The van der Waals surface area contributed by atoms with Crippen LogP contribution in [0.1, 0.15) is 25.2 Å². The summed E-state index contributed by atoms with van der Waals surface area (Å²) in [6.45, 7) is 3.97. The minimum absolute atomic E-state index is 0.305. The molecule has 4 nitrogen and oxygen atoms in total. The first-order valence-corrected chi connectivity index (χ1v) is 6.66. The van der Waals surface area contributed by atoms with Gasteiger partial charge in [-0.1, -0.05) is 30.3 Å². The summed E-state index contributed by atoms with van der Waals surface area (Å²) in [4.78, 5) is 0. The van der Waals surface area contributed by atoms with E-state index in [1.54, 1.807) is 18.4 Å². The molecule has 4 heteroatoms. The normalized spacial score (nSPS) is 24.4. The molecule has 2 aromatic rings. The number of benzene rings is 1. The fourth-order valence-electron chi connectivity index (χ4n) is 2.57. The lowest BCUT2D eigenvalue weighted by atomic mass is 9.86. The van der Waals surface area contributed by atoms with Crippen molar-refractivity contribution in [2.45, 2.75) is 31.3 Å². The molecule has 3 rings (SSSR count). The van der Waals surface area contributed by atoms with Crippen LogP contribution in [-0.2, 0) is 15.1 Å². The van der Waals surface area contributed by atoms with Crippen molar-refractivity contribution in [2.75, 3.05) is 6.61 Å². The number of aliphatic hydroxyl groups is 1. The van der Waals surface area contributed by atoms with Crippen LogP contribution in [0, 0.1) is 0 Å². The molecule has 0 aliphatic carbocycles. The Kier molecular flexibility index (Phi) is 3.17. The third-order valence-electron chi connectivity index (χ3n) is 3.59. The van der Waals surface area contributed by atoms with Crippen LogP contribution < -0.4 is 0 Å². The highest BCUT2D eigenvalue weighted by atomic mass is 16.7. The average molecular weight is 274 g/mol. The largest absolute Gasteiger partial charge is 0.466 e. The maximum atomic E-state index is 11.3. The molecule has 1 aliphatic heterocycles. The van der Waals surface area contributed by atoms with Gasteiger partial charge in [-0.3, -0.25) is 0 Å². The molecule has 1 fully saturated rings. The van der Waals surface area contributed by atoms with E-state index in [1.165, 1.54) is 0 Å². The fraction of sp³-hybridized carbons (Fsp3) is 0.375. The van der Waals surface area contributed by atoms with Gasteiger partial charge in [-0.05, 0) is 31.5 Å². The summed E-state index contributed by atoms with van der Waals surface area (Å²) in [5.74, 6) is -0.255. The van der Waals surface area contributed by atoms with E-state index in [9.17, 15) is 5.11 Å². The Morgan fingerprint density at radius 1 is 1.15 bits per heavy atom. The number of hydrogen-bond donors (Lipinski definition) is 1. The van der Waals surface area contributed by atoms with Crippen molar-refractivity contribution in [3.63, 3.8) is 0 Å². The summed E-state index contributed by atoms with van der Waals surface area (Å²) < 4.78 is 16.9. The molecule has 1 N–H and O–H groups in total. The molecule has 0 radical (unpaired) electrons. The molecule has 20 heavy (non-hydrogen) atoms. The van der Waals surface area contributed by atoms with Gasteiger partial charge in [0.2, 0.25) is 0 Å². The van der Waals surface area contributed by atoms with Gasteiger partial charge in [0.1, 0.15) is 11.9 Å². The Labute approximate surface area is 117 Å². The van der Waals surface area contributed by atoms with Crippen LogP contribution in [0.15, 0.2) is 53.1 Å². The first-order valence-electron chi connectivity index (χ1n) is 6.66. The van der Waals surface area contributed by atoms with Crippen molar-refractivity contribution >= 4 is 0 Å². The van der Waals surface area contributed by atoms with Crippen LogP contribution in [0.3, 0.4) is 0 Å².